The molecule has 0 spiro atoms. The molecule has 1 saturated heterocycles. The molecule has 0 aliphatic carbocycles. The van der Waals surface area contributed by atoms with Crippen LogP contribution in [-0.2, 0) is 16.0 Å². The van der Waals surface area contributed by atoms with Gasteiger partial charge in [-0.15, -0.1) is 0 Å². The van der Waals surface area contributed by atoms with Gasteiger partial charge in [0.15, 0.2) is 0 Å². The highest BCUT2D eigenvalue weighted by molar-refractivity contribution is 5.97. The largest absolute Gasteiger partial charge is 0.494 e. The number of hydrogen-bond acceptors (Lipinski definition) is 3. The van der Waals surface area contributed by atoms with Gasteiger partial charge in [-0.2, -0.15) is 0 Å². The van der Waals surface area contributed by atoms with Crippen LogP contribution in [0.15, 0.2) is 48.7 Å². The van der Waals surface area contributed by atoms with Crippen molar-refractivity contribution in [3.8, 4) is 5.75 Å². The van der Waals surface area contributed by atoms with E-state index in [2.05, 4.69) is 10.3 Å². The summed E-state index contributed by atoms with van der Waals surface area (Å²) < 4.78 is 18.9. The molecule has 30 heavy (non-hydrogen) atoms. The number of amides is 2. The highest BCUT2D eigenvalue weighted by atomic mass is 19.1. The average Bonchev–Trinajstić information content (AvgIpc) is 3.31. The lowest BCUT2D eigenvalue weighted by Gasteiger charge is -2.16. The Morgan fingerprint density at radius 3 is 2.83 bits per heavy atom. The van der Waals surface area contributed by atoms with Gasteiger partial charge in [0.2, 0.25) is 11.8 Å². The molecule has 0 saturated carbocycles. The van der Waals surface area contributed by atoms with Crippen molar-refractivity contribution in [1.29, 1.82) is 0 Å². The monoisotopic (exact) mass is 409 g/mol. The molecule has 3 aromatic rings. The maximum absolute atomic E-state index is 13.5. The first-order valence-electron chi connectivity index (χ1n) is 10.1. The van der Waals surface area contributed by atoms with Crippen molar-refractivity contribution in [1.82, 2.24) is 9.88 Å². The molecule has 4 rings (SSSR count). The predicted octanol–water partition coefficient (Wildman–Crippen LogP) is 3.74. The molecule has 1 aliphatic heterocycles. The van der Waals surface area contributed by atoms with E-state index in [1.807, 2.05) is 13.1 Å². The number of H-pyrrole nitrogens is 1. The highest BCUT2D eigenvalue weighted by Gasteiger charge is 2.34. The zero-order chi connectivity index (χ0) is 21.1. The minimum atomic E-state index is -0.385. The van der Waals surface area contributed by atoms with Crippen LogP contribution in [0.1, 0.15) is 18.9 Å². The first-order valence-corrected chi connectivity index (χ1v) is 10.1. The predicted molar refractivity (Wildman–Crippen MR) is 113 cm³/mol. The van der Waals surface area contributed by atoms with Crippen molar-refractivity contribution in [3.63, 3.8) is 0 Å². The summed E-state index contributed by atoms with van der Waals surface area (Å²) in [6.45, 7) is 3.38. The lowest BCUT2D eigenvalue weighted by molar-refractivity contribution is -0.128. The third-order valence-electron chi connectivity index (χ3n) is 5.40. The molecule has 0 radical (unpaired) electrons. The third kappa shape index (κ3) is 4.30. The fraction of sp³-hybridized carbons (Fsp3) is 0.304. The first-order chi connectivity index (χ1) is 14.5. The molecule has 1 aromatic heterocycles. The summed E-state index contributed by atoms with van der Waals surface area (Å²) in [7, 11) is 0. The van der Waals surface area contributed by atoms with Crippen molar-refractivity contribution >= 4 is 28.4 Å². The molecule has 2 amide bonds. The molecule has 6 nitrogen and oxygen atoms in total. The Labute approximate surface area is 174 Å². The van der Waals surface area contributed by atoms with E-state index >= 15 is 0 Å². The molecule has 2 aromatic carbocycles. The van der Waals surface area contributed by atoms with Gasteiger partial charge in [-0.05, 0) is 61.4 Å². The van der Waals surface area contributed by atoms with Crippen molar-refractivity contribution < 1.29 is 18.7 Å². The number of carbonyl (C=O) groups excluding carboxylic acids is 2. The summed E-state index contributed by atoms with van der Waals surface area (Å²) in [5.41, 5.74) is 2.50. The number of nitrogens with zero attached hydrogens (tertiary/aromatic N) is 1. The first kappa shape index (κ1) is 19.9. The molecular weight excluding hydrogens is 385 g/mol. The average molecular weight is 409 g/mol. The summed E-state index contributed by atoms with van der Waals surface area (Å²) >= 11 is 0. The number of rotatable bonds is 7. The van der Waals surface area contributed by atoms with Crippen LogP contribution in [-0.4, -0.2) is 41.4 Å². The smallest absolute Gasteiger partial charge is 0.229 e. The lowest BCUT2D eigenvalue weighted by atomic mass is 10.1. The molecule has 0 unspecified atom stereocenters. The lowest BCUT2D eigenvalue weighted by Crippen LogP contribution is -2.30. The number of benzene rings is 2. The summed E-state index contributed by atoms with van der Waals surface area (Å²) in [6, 6.07) is 11.8. The Morgan fingerprint density at radius 1 is 1.27 bits per heavy atom. The van der Waals surface area contributed by atoms with E-state index < -0.39 is 0 Å². The van der Waals surface area contributed by atoms with E-state index in [0.717, 1.165) is 22.2 Å². The van der Waals surface area contributed by atoms with Gasteiger partial charge in [-0.25, -0.2) is 4.39 Å². The van der Waals surface area contributed by atoms with E-state index in [9.17, 15) is 14.0 Å². The molecule has 1 fully saturated rings. The van der Waals surface area contributed by atoms with Gasteiger partial charge in [0.1, 0.15) is 11.6 Å². The zero-order valence-electron chi connectivity index (χ0n) is 16.8. The molecule has 2 heterocycles. The number of carbonyl (C=O) groups is 2. The number of aromatic amines is 1. The number of ether oxygens (including phenoxy) is 1. The molecular formula is C23H24FN3O3. The van der Waals surface area contributed by atoms with Gasteiger partial charge >= 0.3 is 0 Å². The van der Waals surface area contributed by atoms with Crippen LogP contribution in [0.2, 0.25) is 0 Å². The maximum atomic E-state index is 13.5. The molecule has 1 atom stereocenters. The number of anilines is 1. The quantitative estimate of drug-likeness (QED) is 0.624. The number of aromatic nitrogens is 1. The standard InChI is InChI=1S/C23H24FN3O3/c1-2-30-19-6-4-18(5-7-19)26-23(29)16-11-22(28)27(14-16)10-9-15-13-25-21-8-3-17(24)12-20(15)21/h3-8,12-13,16,25H,2,9-11,14H2,1H3,(H,26,29)/t16-/m0/s1. The van der Waals surface area contributed by atoms with Gasteiger partial charge in [0, 0.05) is 42.3 Å². The number of nitrogens with one attached hydrogen (secondary N) is 2. The van der Waals surface area contributed by atoms with Crippen molar-refractivity contribution in [3.05, 3.63) is 60.0 Å². The van der Waals surface area contributed by atoms with Gasteiger partial charge in [0.25, 0.3) is 0 Å². The van der Waals surface area contributed by atoms with Crippen LogP contribution < -0.4 is 10.1 Å². The Balaban J connectivity index is 1.34. The normalized spacial score (nSPS) is 16.3. The second-order valence-electron chi connectivity index (χ2n) is 7.44. The van der Waals surface area contributed by atoms with E-state index in [1.54, 1.807) is 35.2 Å². The Bertz CT molecular complexity index is 1060. The second kappa shape index (κ2) is 8.57. The zero-order valence-corrected chi connectivity index (χ0v) is 16.8. The SMILES string of the molecule is CCOc1ccc(NC(=O)[C@H]2CC(=O)N(CCc3c[nH]c4ccc(F)cc34)C2)cc1. The Morgan fingerprint density at radius 2 is 2.07 bits per heavy atom. The van der Waals surface area contributed by atoms with Crippen molar-refractivity contribution in [2.24, 2.45) is 5.92 Å². The van der Waals surface area contributed by atoms with Crippen molar-refractivity contribution in [2.45, 2.75) is 19.8 Å². The van der Waals surface area contributed by atoms with Gasteiger partial charge in [-0.3, -0.25) is 9.59 Å². The van der Waals surface area contributed by atoms with Crippen LogP contribution >= 0.6 is 0 Å². The highest BCUT2D eigenvalue weighted by Crippen LogP contribution is 2.24. The molecule has 0 bridgehead atoms. The third-order valence-corrected chi connectivity index (χ3v) is 5.40. The summed E-state index contributed by atoms with van der Waals surface area (Å²) in [6.07, 6.45) is 2.65. The number of fused-ring (bicyclic) bond motifs is 1. The number of likely N-dealkylation sites (tertiary alicyclic amines) is 1. The van der Waals surface area contributed by atoms with Gasteiger partial charge < -0.3 is 19.9 Å². The summed E-state index contributed by atoms with van der Waals surface area (Å²) in [5.74, 6) is -0.122. The van der Waals surface area contributed by atoms with Gasteiger partial charge in [-0.1, -0.05) is 0 Å². The van der Waals surface area contributed by atoms with Crippen LogP contribution in [0.25, 0.3) is 10.9 Å². The Kier molecular flexibility index (Phi) is 5.70. The fourth-order valence-corrected chi connectivity index (χ4v) is 3.82. The second-order valence-corrected chi connectivity index (χ2v) is 7.44. The fourth-order valence-electron chi connectivity index (χ4n) is 3.82. The van der Waals surface area contributed by atoms with E-state index in [4.69, 9.17) is 4.74 Å². The molecule has 7 heteroatoms. The van der Waals surface area contributed by atoms with Crippen LogP contribution in [0.3, 0.4) is 0 Å². The van der Waals surface area contributed by atoms with E-state index in [-0.39, 0.29) is 30.0 Å². The van der Waals surface area contributed by atoms with Gasteiger partial charge in [0.05, 0.1) is 12.5 Å². The summed E-state index contributed by atoms with van der Waals surface area (Å²) in [5, 5.41) is 3.70. The molecule has 156 valence electrons. The van der Waals surface area contributed by atoms with Crippen molar-refractivity contribution in [2.75, 3.05) is 25.0 Å². The topological polar surface area (TPSA) is 74.4 Å². The number of hydrogen-bond donors (Lipinski definition) is 2. The van der Waals surface area contributed by atoms with Crippen LogP contribution in [0.5, 0.6) is 5.75 Å². The van der Waals surface area contributed by atoms with E-state index in [0.29, 0.717) is 31.8 Å². The van der Waals surface area contributed by atoms with E-state index in [1.165, 1.54) is 12.1 Å². The minimum absolute atomic E-state index is 0.0344. The van der Waals surface area contributed by atoms with Crippen LogP contribution in [0.4, 0.5) is 10.1 Å². The minimum Gasteiger partial charge on any atom is -0.494 e. The maximum Gasteiger partial charge on any atom is 0.229 e. The summed E-state index contributed by atoms with van der Waals surface area (Å²) in [4.78, 5) is 29.8. The molecule has 1 aliphatic rings. The molecule has 2 N–H and O–H groups in total. The van der Waals surface area contributed by atoms with Crippen LogP contribution in [0, 0.1) is 11.7 Å². The Hall–Kier alpha value is -3.35. The number of halogens is 1.